The minimum Gasteiger partial charge on any atom is -0.208 e. The van der Waals surface area contributed by atoms with Crippen molar-refractivity contribution in [1.29, 1.82) is 0 Å². The monoisotopic (exact) mass is 188 g/mol. The van der Waals surface area contributed by atoms with Gasteiger partial charge in [-0.1, -0.05) is 20.8 Å². The highest BCUT2D eigenvalue weighted by Crippen LogP contribution is 2.37. The van der Waals surface area contributed by atoms with Crippen LogP contribution in [0.1, 0.15) is 20.8 Å². The van der Waals surface area contributed by atoms with E-state index in [4.69, 9.17) is 0 Å². The van der Waals surface area contributed by atoms with Crippen molar-refractivity contribution >= 4 is 0 Å². The molecule has 0 fully saturated rings. The fourth-order valence-corrected chi connectivity index (χ4v) is 0.454. The summed E-state index contributed by atoms with van der Waals surface area (Å²) in [6.45, 7) is 3.48. The van der Waals surface area contributed by atoms with Crippen molar-refractivity contribution < 1.29 is 22.0 Å². The smallest absolute Gasteiger partial charge is 0.208 e. The fraction of sp³-hybridized carbons (Fsp3) is 0.714. The molecule has 5 heteroatoms. The molecule has 0 radical (unpaired) electrons. The van der Waals surface area contributed by atoms with Crippen LogP contribution in [0, 0.1) is 5.41 Å². The van der Waals surface area contributed by atoms with Gasteiger partial charge in [-0.15, -0.1) is 0 Å². The van der Waals surface area contributed by atoms with E-state index in [0.717, 1.165) is 20.8 Å². The van der Waals surface area contributed by atoms with Crippen LogP contribution in [0.2, 0.25) is 0 Å². The van der Waals surface area contributed by atoms with Crippen molar-refractivity contribution in [1.82, 2.24) is 0 Å². The Labute approximate surface area is 67.1 Å². The molecule has 0 saturated carbocycles. The van der Waals surface area contributed by atoms with Crippen molar-refractivity contribution in [3.63, 3.8) is 0 Å². The first-order chi connectivity index (χ1) is 5.07. The molecule has 0 aromatic heterocycles. The average Bonchev–Trinajstić information content (AvgIpc) is 1.80. The molecule has 0 aliphatic rings. The van der Waals surface area contributed by atoms with Gasteiger partial charge in [0.25, 0.3) is 0 Å². The van der Waals surface area contributed by atoms with E-state index in [9.17, 15) is 22.0 Å². The third kappa shape index (κ3) is 2.79. The molecule has 72 valence electrons. The summed E-state index contributed by atoms with van der Waals surface area (Å²) in [6.07, 6.45) is -5.22. The van der Waals surface area contributed by atoms with E-state index in [2.05, 4.69) is 0 Å². The van der Waals surface area contributed by atoms with Gasteiger partial charge in [-0.25, -0.2) is 4.39 Å². The molecule has 0 bridgehead atoms. The highest BCUT2D eigenvalue weighted by atomic mass is 19.4. The normalized spacial score (nSPS) is 16.0. The third-order valence-electron chi connectivity index (χ3n) is 1.10. The maximum absolute atomic E-state index is 12.6. The molecule has 0 aromatic rings. The zero-order valence-electron chi connectivity index (χ0n) is 6.89. The first kappa shape index (κ1) is 11.4. The Kier molecular flexibility index (Phi) is 2.88. The second kappa shape index (κ2) is 3.03. The molecule has 0 amide bonds. The largest absolute Gasteiger partial charge is 0.445 e. The summed E-state index contributed by atoms with van der Waals surface area (Å²) in [7, 11) is 0. The summed E-state index contributed by atoms with van der Waals surface area (Å²) in [5.74, 6) is -4.41. The number of hydrogen-bond acceptors (Lipinski definition) is 0. The lowest BCUT2D eigenvalue weighted by Gasteiger charge is -2.17. The lowest BCUT2D eigenvalue weighted by atomic mass is 9.94. The Morgan fingerprint density at radius 3 is 1.25 bits per heavy atom. The van der Waals surface area contributed by atoms with Crippen molar-refractivity contribution in [2.45, 2.75) is 26.9 Å². The van der Waals surface area contributed by atoms with Gasteiger partial charge in [0.2, 0.25) is 5.83 Å². The van der Waals surface area contributed by atoms with Crippen LogP contribution < -0.4 is 0 Å². The maximum Gasteiger partial charge on any atom is 0.445 e. The summed E-state index contributed by atoms with van der Waals surface area (Å²) >= 11 is 0. The molecule has 0 aromatic carbocycles. The van der Waals surface area contributed by atoms with Crippen LogP contribution in [0.15, 0.2) is 11.7 Å². The van der Waals surface area contributed by atoms with E-state index in [1.54, 1.807) is 0 Å². The van der Waals surface area contributed by atoms with Gasteiger partial charge in [0.05, 0.1) is 0 Å². The zero-order chi connectivity index (χ0) is 10.2. The molecule has 0 rings (SSSR count). The van der Waals surface area contributed by atoms with Gasteiger partial charge in [-0.2, -0.15) is 17.6 Å². The minimum atomic E-state index is -5.22. The van der Waals surface area contributed by atoms with Crippen LogP contribution in [-0.4, -0.2) is 6.18 Å². The van der Waals surface area contributed by atoms with Crippen molar-refractivity contribution in [2.24, 2.45) is 5.41 Å². The van der Waals surface area contributed by atoms with Crippen LogP contribution in [0.3, 0.4) is 0 Å². The summed E-state index contributed by atoms with van der Waals surface area (Å²) in [5, 5.41) is 0. The summed E-state index contributed by atoms with van der Waals surface area (Å²) < 4.78 is 59.4. The van der Waals surface area contributed by atoms with E-state index >= 15 is 0 Å². The molecule has 0 heterocycles. The van der Waals surface area contributed by atoms with Crippen LogP contribution in [0.4, 0.5) is 22.0 Å². The minimum absolute atomic E-state index is 1.16. The molecule has 12 heavy (non-hydrogen) atoms. The standard InChI is InChI=1S/C7H9F5/c1-6(2,3)4(8)5(9)7(10,11)12/h1-3H3/b5-4-. The molecule has 0 N–H and O–H groups in total. The van der Waals surface area contributed by atoms with Crippen molar-refractivity contribution in [2.75, 3.05) is 0 Å². The van der Waals surface area contributed by atoms with Gasteiger partial charge in [-0.3, -0.25) is 0 Å². The second-order valence-corrected chi connectivity index (χ2v) is 3.38. The number of allylic oxidation sites excluding steroid dienone is 2. The molecule has 0 aliphatic heterocycles. The Hall–Kier alpha value is -0.610. The topological polar surface area (TPSA) is 0 Å². The predicted octanol–water partition coefficient (Wildman–Crippen LogP) is 3.75. The molecule has 0 nitrogen and oxygen atoms in total. The molecular formula is C7H9F5. The first-order valence-corrected chi connectivity index (χ1v) is 3.19. The quantitative estimate of drug-likeness (QED) is 0.508. The number of halogens is 5. The fourth-order valence-electron chi connectivity index (χ4n) is 0.454. The number of hydrogen-bond donors (Lipinski definition) is 0. The van der Waals surface area contributed by atoms with Crippen molar-refractivity contribution in [3.8, 4) is 0 Å². The maximum atomic E-state index is 12.6. The molecule has 0 spiro atoms. The van der Waals surface area contributed by atoms with Gasteiger partial charge in [0.15, 0.2) is 0 Å². The highest BCUT2D eigenvalue weighted by molar-refractivity contribution is 5.11. The Bertz CT molecular complexity index is 171. The SMILES string of the molecule is CC(C)(C)/C(F)=C(/F)C(F)(F)F. The third-order valence-corrected chi connectivity index (χ3v) is 1.10. The van der Waals surface area contributed by atoms with E-state index < -0.39 is 23.2 Å². The zero-order valence-corrected chi connectivity index (χ0v) is 6.89. The van der Waals surface area contributed by atoms with Crippen LogP contribution in [-0.2, 0) is 0 Å². The lowest BCUT2D eigenvalue weighted by Crippen LogP contribution is -2.16. The molecule has 0 unspecified atom stereocenters. The van der Waals surface area contributed by atoms with Gasteiger partial charge in [0.1, 0.15) is 5.83 Å². The van der Waals surface area contributed by atoms with Gasteiger partial charge < -0.3 is 0 Å². The Morgan fingerprint density at radius 1 is 0.833 bits per heavy atom. The number of alkyl halides is 3. The van der Waals surface area contributed by atoms with Crippen LogP contribution in [0.25, 0.3) is 0 Å². The van der Waals surface area contributed by atoms with Gasteiger partial charge in [0, 0.05) is 5.41 Å². The number of rotatable bonds is 0. The average molecular weight is 188 g/mol. The van der Waals surface area contributed by atoms with E-state index in [-0.39, 0.29) is 0 Å². The first-order valence-electron chi connectivity index (χ1n) is 3.19. The Balaban J connectivity index is 4.96. The Morgan fingerprint density at radius 2 is 1.17 bits per heavy atom. The lowest BCUT2D eigenvalue weighted by molar-refractivity contribution is -0.112. The molecule has 0 saturated heterocycles. The van der Waals surface area contributed by atoms with Gasteiger partial charge in [-0.05, 0) is 0 Å². The van der Waals surface area contributed by atoms with E-state index in [1.165, 1.54) is 0 Å². The molecular weight excluding hydrogens is 179 g/mol. The van der Waals surface area contributed by atoms with Gasteiger partial charge >= 0.3 is 6.18 Å². The van der Waals surface area contributed by atoms with Crippen LogP contribution >= 0.6 is 0 Å². The second-order valence-electron chi connectivity index (χ2n) is 3.38. The predicted molar refractivity (Wildman–Crippen MR) is 34.8 cm³/mol. The van der Waals surface area contributed by atoms with Crippen LogP contribution in [0.5, 0.6) is 0 Å². The van der Waals surface area contributed by atoms with Crippen molar-refractivity contribution in [3.05, 3.63) is 11.7 Å². The van der Waals surface area contributed by atoms with E-state index in [0.29, 0.717) is 0 Å². The summed E-state index contributed by atoms with van der Waals surface area (Å²) in [6, 6.07) is 0. The highest BCUT2D eigenvalue weighted by Gasteiger charge is 2.40. The van der Waals surface area contributed by atoms with E-state index in [1.807, 2.05) is 0 Å². The molecule has 0 aliphatic carbocycles. The summed E-state index contributed by atoms with van der Waals surface area (Å²) in [5.41, 5.74) is -1.44. The summed E-state index contributed by atoms with van der Waals surface area (Å²) in [4.78, 5) is 0. The molecule has 0 atom stereocenters.